The molecule has 0 aliphatic heterocycles. The predicted molar refractivity (Wildman–Crippen MR) is 35.0 cm³/mol. The predicted octanol–water partition coefficient (Wildman–Crippen LogP) is 0.802. The second-order valence-corrected chi connectivity index (χ2v) is 2.31. The molecule has 0 atom stereocenters. The molecule has 0 aliphatic carbocycles. The Labute approximate surface area is 59.5 Å². The molecule has 0 saturated heterocycles. The lowest BCUT2D eigenvalue weighted by molar-refractivity contribution is -0.183. The van der Waals surface area contributed by atoms with E-state index in [9.17, 15) is 9.32 Å². The van der Waals surface area contributed by atoms with Crippen LogP contribution in [0.5, 0.6) is 0 Å². The third-order valence-corrected chi connectivity index (χ3v) is 0.968. The number of halogens is 1. The minimum atomic E-state index is -0.826. The molecule has 0 fully saturated rings. The van der Waals surface area contributed by atoms with E-state index < -0.39 is 5.97 Å². The van der Waals surface area contributed by atoms with Gasteiger partial charge in [-0.05, 0) is 0 Å². The van der Waals surface area contributed by atoms with Crippen molar-refractivity contribution in [1.29, 1.82) is 0 Å². The zero-order valence-electron chi connectivity index (χ0n) is 6.19. The van der Waals surface area contributed by atoms with Crippen molar-refractivity contribution in [3.8, 4) is 0 Å². The fourth-order valence-electron chi connectivity index (χ4n) is 0.501. The summed E-state index contributed by atoms with van der Waals surface area (Å²) < 4.78 is 11.0. The van der Waals surface area contributed by atoms with Crippen molar-refractivity contribution in [3.63, 3.8) is 0 Å². The molecule has 0 spiro atoms. The third-order valence-electron chi connectivity index (χ3n) is 0.968. The summed E-state index contributed by atoms with van der Waals surface area (Å²) in [5.74, 6) is -0.826. The lowest BCUT2D eigenvalue weighted by Gasteiger charge is -2.04. The van der Waals surface area contributed by atoms with Crippen LogP contribution in [0.4, 0.5) is 4.53 Å². The fraction of sp³-hybridized carbons (Fsp3) is 0.833. The summed E-state index contributed by atoms with van der Waals surface area (Å²) >= 11 is 0. The molecule has 0 amide bonds. The highest BCUT2D eigenvalue weighted by molar-refractivity contribution is 5.68. The molecule has 0 bridgehead atoms. The summed E-state index contributed by atoms with van der Waals surface area (Å²) in [7, 11) is 0. The SMILES string of the molecule is CC(C)NCCC(=O)OF. The summed E-state index contributed by atoms with van der Waals surface area (Å²) in [6.45, 7) is 4.35. The number of rotatable bonds is 4. The first-order valence-electron chi connectivity index (χ1n) is 3.21. The van der Waals surface area contributed by atoms with E-state index in [1.807, 2.05) is 13.8 Å². The first-order valence-corrected chi connectivity index (χ1v) is 3.21. The minimum absolute atomic E-state index is 0.0781. The van der Waals surface area contributed by atoms with Gasteiger partial charge in [0.05, 0.1) is 6.42 Å². The van der Waals surface area contributed by atoms with Gasteiger partial charge in [0.1, 0.15) is 0 Å². The highest BCUT2D eigenvalue weighted by Gasteiger charge is 2.01. The Kier molecular flexibility index (Phi) is 4.84. The Morgan fingerprint density at radius 2 is 2.30 bits per heavy atom. The summed E-state index contributed by atoms with van der Waals surface area (Å²) in [6.07, 6.45) is 0.0781. The molecule has 0 aliphatic rings. The van der Waals surface area contributed by atoms with E-state index in [0.717, 1.165) is 0 Å². The number of nitrogens with one attached hydrogen (secondary N) is 1. The first kappa shape index (κ1) is 9.36. The van der Waals surface area contributed by atoms with E-state index in [4.69, 9.17) is 0 Å². The molecule has 0 radical (unpaired) electrons. The third kappa shape index (κ3) is 5.50. The molecule has 0 saturated carbocycles. The minimum Gasteiger partial charge on any atom is -0.314 e. The molecule has 0 unspecified atom stereocenters. The molecule has 10 heavy (non-hydrogen) atoms. The standard InChI is InChI=1S/C6H12FNO2/c1-5(2)8-4-3-6(9)10-7/h5,8H,3-4H2,1-2H3. The second kappa shape index (κ2) is 5.17. The largest absolute Gasteiger partial charge is 0.350 e. The zero-order chi connectivity index (χ0) is 7.98. The van der Waals surface area contributed by atoms with Gasteiger partial charge in [-0.3, -0.25) is 4.94 Å². The van der Waals surface area contributed by atoms with Crippen LogP contribution in [0.25, 0.3) is 0 Å². The molecular weight excluding hydrogens is 137 g/mol. The maximum absolute atomic E-state index is 11.0. The van der Waals surface area contributed by atoms with Crippen molar-refractivity contribution < 1.29 is 14.3 Å². The van der Waals surface area contributed by atoms with Crippen LogP contribution in [0.1, 0.15) is 20.3 Å². The molecule has 0 aromatic rings. The Bertz CT molecular complexity index is 106. The maximum Gasteiger partial charge on any atom is 0.350 e. The molecule has 1 N–H and O–H groups in total. The molecule has 0 aromatic heterocycles. The van der Waals surface area contributed by atoms with E-state index in [2.05, 4.69) is 10.3 Å². The van der Waals surface area contributed by atoms with Crippen molar-refractivity contribution in [2.24, 2.45) is 0 Å². The lowest BCUT2D eigenvalue weighted by atomic mass is 10.3. The van der Waals surface area contributed by atoms with Gasteiger partial charge >= 0.3 is 5.97 Å². The molecule has 3 nitrogen and oxygen atoms in total. The summed E-state index contributed by atoms with van der Waals surface area (Å²) in [4.78, 5) is 13.1. The van der Waals surface area contributed by atoms with E-state index in [1.54, 1.807) is 0 Å². The normalized spacial score (nSPS) is 10.0. The summed E-state index contributed by atoms with van der Waals surface area (Å²) in [5.41, 5.74) is 0. The molecule has 4 heteroatoms. The number of hydrogen-bond acceptors (Lipinski definition) is 3. The highest BCUT2D eigenvalue weighted by atomic mass is 19.3. The van der Waals surface area contributed by atoms with Crippen LogP contribution >= 0.6 is 0 Å². The van der Waals surface area contributed by atoms with Crippen LogP contribution < -0.4 is 5.32 Å². The van der Waals surface area contributed by atoms with E-state index in [1.165, 1.54) is 0 Å². The van der Waals surface area contributed by atoms with Crippen LogP contribution in [0.2, 0.25) is 0 Å². The van der Waals surface area contributed by atoms with Gasteiger partial charge in [0.15, 0.2) is 0 Å². The van der Waals surface area contributed by atoms with E-state index in [0.29, 0.717) is 12.6 Å². The monoisotopic (exact) mass is 149 g/mol. The van der Waals surface area contributed by atoms with Crippen molar-refractivity contribution in [2.45, 2.75) is 26.3 Å². The van der Waals surface area contributed by atoms with Gasteiger partial charge in [0.2, 0.25) is 0 Å². The smallest absolute Gasteiger partial charge is 0.314 e. The van der Waals surface area contributed by atoms with E-state index in [-0.39, 0.29) is 6.42 Å². The van der Waals surface area contributed by atoms with Gasteiger partial charge < -0.3 is 5.32 Å². The second-order valence-electron chi connectivity index (χ2n) is 2.31. The Morgan fingerprint density at radius 3 is 2.70 bits per heavy atom. The highest BCUT2D eigenvalue weighted by Crippen LogP contribution is 1.85. The van der Waals surface area contributed by atoms with Crippen molar-refractivity contribution in [1.82, 2.24) is 5.32 Å². The van der Waals surface area contributed by atoms with Gasteiger partial charge in [-0.2, -0.15) is 0 Å². The molecule has 0 rings (SSSR count). The topological polar surface area (TPSA) is 38.3 Å². The average Bonchev–Trinajstić information content (AvgIpc) is 1.87. The summed E-state index contributed by atoms with van der Waals surface area (Å²) in [6, 6.07) is 0.312. The molecule has 60 valence electrons. The zero-order valence-corrected chi connectivity index (χ0v) is 6.19. The van der Waals surface area contributed by atoms with Crippen LogP contribution in [0, 0.1) is 0 Å². The Balaban J connectivity index is 3.12. The number of carbonyl (C=O) groups is 1. The van der Waals surface area contributed by atoms with Crippen molar-refractivity contribution in [3.05, 3.63) is 0 Å². The quantitative estimate of drug-likeness (QED) is 0.642. The van der Waals surface area contributed by atoms with Crippen LogP contribution in [-0.4, -0.2) is 18.6 Å². The molecular formula is C6H12FNO2. The lowest BCUT2D eigenvalue weighted by Crippen LogP contribution is -2.25. The summed E-state index contributed by atoms with van der Waals surface area (Å²) in [5, 5.41) is 2.94. The van der Waals surface area contributed by atoms with Crippen LogP contribution in [0.3, 0.4) is 0 Å². The number of carbonyl (C=O) groups excluding carboxylic acids is 1. The molecule has 0 aromatic carbocycles. The van der Waals surface area contributed by atoms with E-state index >= 15 is 0 Å². The maximum atomic E-state index is 11.0. The Hall–Kier alpha value is -0.640. The Morgan fingerprint density at radius 1 is 1.70 bits per heavy atom. The van der Waals surface area contributed by atoms with Gasteiger partial charge in [-0.1, -0.05) is 13.8 Å². The van der Waals surface area contributed by atoms with Gasteiger partial charge in [0, 0.05) is 17.1 Å². The molecule has 0 heterocycles. The first-order chi connectivity index (χ1) is 4.66. The fourth-order valence-corrected chi connectivity index (χ4v) is 0.501. The average molecular weight is 149 g/mol. The van der Waals surface area contributed by atoms with Crippen LogP contribution in [0.15, 0.2) is 0 Å². The van der Waals surface area contributed by atoms with Crippen LogP contribution in [-0.2, 0) is 9.74 Å². The van der Waals surface area contributed by atoms with Crippen molar-refractivity contribution in [2.75, 3.05) is 6.54 Å². The van der Waals surface area contributed by atoms with Gasteiger partial charge in [0.25, 0.3) is 0 Å². The number of hydrogen-bond donors (Lipinski definition) is 1. The van der Waals surface area contributed by atoms with Gasteiger partial charge in [-0.25, -0.2) is 4.79 Å². The van der Waals surface area contributed by atoms with Gasteiger partial charge in [-0.15, -0.1) is 0 Å². The van der Waals surface area contributed by atoms with Crippen molar-refractivity contribution >= 4 is 5.97 Å².